The Kier molecular flexibility index (Phi) is 6.48. The van der Waals surface area contributed by atoms with Crippen molar-refractivity contribution in [2.24, 2.45) is 12.4 Å². The van der Waals surface area contributed by atoms with E-state index in [0.717, 1.165) is 12.8 Å². The molecule has 2 aliphatic rings. The summed E-state index contributed by atoms with van der Waals surface area (Å²) >= 11 is 5.53. The average molecular weight is 565 g/mol. The Balaban J connectivity index is 1.66. The molecule has 166 valence electrons. The second-order valence-electron chi connectivity index (χ2n) is 8.32. The van der Waals surface area contributed by atoms with Crippen LogP contribution in [0.4, 0.5) is 5.95 Å². The van der Waals surface area contributed by atoms with Gasteiger partial charge in [0.05, 0.1) is 23.2 Å². The Bertz CT molecular complexity index is 1130. The largest absolute Gasteiger partial charge is 0.327 e. The van der Waals surface area contributed by atoms with Gasteiger partial charge in [0.15, 0.2) is 27.1 Å². The van der Waals surface area contributed by atoms with E-state index >= 15 is 0 Å². The first-order valence-electron chi connectivity index (χ1n) is 10.2. The van der Waals surface area contributed by atoms with Crippen molar-refractivity contribution < 1.29 is 4.79 Å². The molecule has 1 amide bonds. The first kappa shape index (κ1) is 22.7. The van der Waals surface area contributed by atoms with Crippen molar-refractivity contribution >= 4 is 50.6 Å². The summed E-state index contributed by atoms with van der Waals surface area (Å²) in [6.45, 7) is 6.03. The summed E-state index contributed by atoms with van der Waals surface area (Å²) < 4.78 is 9.12. The number of carbonyl (C=O) groups is 1. The molecule has 0 radical (unpaired) electrons. The van der Waals surface area contributed by atoms with Crippen LogP contribution in [-0.4, -0.2) is 44.2 Å². The fraction of sp³-hybridized carbons (Fsp3) is 0.429. The van der Waals surface area contributed by atoms with Crippen molar-refractivity contribution in [3.63, 3.8) is 0 Å². The fourth-order valence-corrected chi connectivity index (χ4v) is 4.95. The number of nitrogens with zero attached hydrogens (tertiary/aromatic N) is 8. The van der Waals surface area contributed by atoms with Crippen LogP contribution in [0.1, 0.15) is 49.8 Å². The number of nitriles is 1. The molecule has 1 fully saturated rings. The van der Waals surface area contributed by atoms with E-state index in [4.69, 9.17) is 11.6 Å². The highest BCUT2D eigenvalue weighted by Gasteiger charge is 2.36. The van der Waals surface area contributed by atoms with E-state index in [1.54, 1.807) is 54.3 Å². The van der Waals surface area contributed by atoms with Gasteiger partial charge in [0, 0.05) is 24.0 Å². The standard InChI is InChI=1S/C21H22ClIN8O/c1-13(18-28-23-29-31(18)20-25-7-4-8-26-20)30(11-14-5-6-14)19(32)16-9-15(22)10-17(27-16)21(2,3)12-24/h4,7-10,13-14H,5-6,11H2,1-3H3. The number of halogens is 2. The van der Waals surface area contributed by atoms with Crippen LogP contribution in [0.15, 0.2) is 37.1 Å². The summed E-state index contributed by atoms with van der Waals surface area (Å²) in [5.74, 6) is 1.29. The summed E-state index contributed by atoms with van der Waals surface area (Å²) in [6.07, 6.45) is 5.47. The van der Waals surface area contributed by atoms with Crippen LogP contribution in [-0.2, 0) is 5.41 Å². The van der Waals surface area contributed by atoms with Crippen molar-refractivity contribution in [2.75, 3.05) is 11.6 Å². The number of rotatable bonds is 7. The smallest absolute Gasteiger partial charge is 0.273 e. The average Bonchev–Trinajstić information content (AvgIpc) is 3.49. The van der Waals surface area contributed by atoms with E-state index < -0.39 is 26.7 Å². The highest BCUT2D eigenvalue weighted by molar-refractivity contribution is 14.1. The van der Waals surface area contributed by atoms with Crippen molar-refractivity contribution in [3.05, 3.63) is 47.0 Å². The Morgan fingerprint density at radius 2 is 2.09 bits per heavy atom. The van der Waals surface area contributed by atoms with Gasteiger partial charge in [0.1, 0.15) is 5.69 Å². The molecule has 0 spiro atoms. The zero-order valence-corrected chi connectivity index (χ0v) is 20.8. The summed E-state index contributed by atoms with van der Waals surface area (Å²) in [5.41, 5.74) is -0.183. The van der Waals surface area contributed by atoms with E-state index in [9.17, 15) is 10.1 Å². The van der Waals surface area contributed by atoms with Gasteiger partial charge >= 0.3 is 0 Å². The number of aromatic nitrogens is 3. The maximum atomic E-state index is 13.7. The Labute approximate surface area is 202 Å². The maximum absolute atomic E-state index is 13.7. The lowest BCUT2D eigenvalue weighted by Crippen LogP contribution is -2.49. The Morgan fingerprint density at radius 1 is 1.38 bits per heavy atom. The predicted molar refractivity (Wildman–Crippen MR) is 130 cm³/mol. The number of amidine groups is 1. The minimum atomic E-state index is -0.868. The van der Waals surface area contributed by atoms with Gasteiger partial charge in [-0.2, -0.15) is 13.5 Å². The van der Waals surface area contributed by atoms with Crippen LogP contribution in [0, 0.1) is 17.2 Å². The van der Waals surface area contributed by atoms with Crippen LogP contribution in [0.5, 0.6) is 0 Å². The molecule has 9 nitrogen and oxygen atoms in total. The third-order valence-corrected chi connectivity index (χ3v) is 6.93. The van der Waals surface area contributed by atoms with Crippen LogP contribution in [0.3, 0.4) is 0 Å². The number of amides is 1. The zero-order chi connectivity index (χ0) is 22.9. The summed E-state index contributed by atoms with van der Waals surface area (Å²) in [4.78, 5) is 28.5. The van der Waals surface area contributed by atoms with E-state index in [2.05, 4.69) is 27.5 Å². The summed E-state index contributed by atoms with van der Waals surface area (Å²) in [6, 6.07) is 6.79. The monoisotopic (exact) mass is 564 g/mol. The molecule has 1 atom stereocenters. The molecule has 11 heteroatoms. The van der Waals surface area contributed by atoms with Gasteiger partial charge in [-0.25, -0.2) is 15.0 Å². The van der Waals surface area contributed by atoms with Gasteiger partial charge in [-0.05, 0) is 57.7 Å². The third kappa shape index (κ3) is 4.78. The molecule has 1 unspecified atom stereocenters. The van der Waals surface area contributed by atoms with Crippen LogP contribution < -0.4 is 5.01 Å². The molecule has 4 rings (SSSR count). The molecule has 1 aliphatic heterocycles. The molecule has 1 saturated carbocycles. The Hall–Kier alpha value is -2.52. The first-order chi connectivity index (χ1) is 15.3. The van der Waals surface area contributed by atoms with Gasteiger partial charge in [0.25, 0.3) is 11.9 Å². The normalized spacial score (nSPS) is 16.7. The molecule has 0 N–H and O–H groups in total. The minimum absolute atomic E-state index is 0.219. The fourth-order valence-electron chi connectivity index (χ4n) is 3.21. The molecular formula is C21H22ClIN8O. The predicted octanol–water partition coefficient (Wildman–Crippen LogP) is 4.47. The Morgan fingerprint density at radius 3 is 2.75 bits per heavy atom. The van der Waals surface area contributed by atoms with Gasteiger partial charge in [-0.1, -0.05) is 11.6 Å². The van der Waals surface area contributed by atoms with E-state index in [1.165, 1.54) is 0 Å². The van der Waals surface area contributed by atoms with Crippen LogP contribution in [0.2, 0.25) is 5.02 Å². The summed E-state index contributed by atoms with van der Waals surface area (Å²) in [7, 11) is 0. The molecule has 0 aromatic carbocycles. The SMILES string of the molecule is CC(C1=NI=NN1c1ncccn1)N(CC1CC1)C(=O)c1cc(Cl)cc(C(C)(C)C#N)n1. The number of pyridine rings is 1. The van der Waals surface area contributed by atoms with Gasteiger partial charge in [-0.15, -0.1) is 3.25 Å². The van der Waals surface area contributed by atoms with Crippen molar-refractivity contribution in [2.45, 2.75) is 45.1 Å². The van der Waals surface area contributed by atoms with Gasteiger partial charge in [-0.3, -0.25) is 4.79 Å². The quantitative estimate of drug-likeness (QED) is 0.459. The third-order valence-electron chi connectivity index (χ3n) is 5.38. The highest BCUT2D eigenvalue weighted by atomic mass is 127. The number of hydrogen-bond donors (Lipinski definition) is 0. The maximum Gasteiger partial charge on any atom is 0.273 e. The number of hydrogen-bond acceptors (Lipinski definition) is 8. The summed E-state index contributed by atoms with van der Waals surface area (Å²) in [5, 5.41) is 11.5. The first-order valence-corrected chi connectivity index (χ1v) is 12.5. The molecule has 3 heterocycles. The number of carbonyl (C=O) groups excluding carboxylic acids is 1. The van der Waals surface area contributed by atoms with Crippen LogP contribution in [0.25, 0.3) is 0 Å². The van der Waals surface area contributed by atoms with Gasteiger partial charge in [0.2, 0.25) is 0 Å². The van der Waals surface area contributed by atoms with E-state index in [1.807, 2.05) is 6.92 Å². The molecular weight excluding hydrogens is 543 g/mol. The second kappa shape index (κ2) is 9.15. The number of anilines is 1. The van der Waals surface area contributed by atoms with Crippen LogP contribution >= 0.6 is 32.9 Å². The lowest BCUT2D eigenvalue weighted by Gasteiger charge is -2.31. The van der Waals surface area contributed by atoms with E-state index in [-0.39, 0.29) is 17.6 Å². The van der Waals surface area contributed by atoms with Crippen molar-refractivity contribution in [3.8, 4) is 6.07 Å². The van der Waals surface area contributed by atoms with E-state index in [0.29, 0.717) is 35.0 Å². The second-order valence-corrected chi connectivity index (χ2v) is 10.1. The lowest BCUT2D eigenvalue weighted by atomic mass is 9.90. The van der Waals surface area contributed by atoms with Crippen molar-refractivity contribution in [1.29, 1.82) is 5.26 Å². The highest BCUT2D eigenvalue weighted by Crippen LogP contribution is 2.33. The molecule has 1 aliphatic carbocycles. The molecule has 2 aromatic heterocycles. The molecule has 2 aromatic rings. The minimum Gasteiger partial charge on any atom is -0.327 e. The lowest BCUT2D eigenvalue weighted by molar-refractivity contribution is 0.0719. The molecule has 32 heavy (non-hydrogen) atoms. The topological polar surface area (TPSA) is 111 Å². The van der Waals surface area contributed by atoms with Gasteiger partial charge < -0.3 is 4.90 Å². The molecule has 0 bridgehead atoms. The molecule has 0 saturated heterocycles. The zero-order valence-electron chi connectivity index (χ0n) is 17.9. The van der Waals surface area contributed by atoms with Crippen molar-refractivity contribution in [1.82, 2.24) is 19.9 Å².